The van der Waals surface area contributed by atoms with Gasteiger partial charge < -0.3 is 4.52 Å². The molecule has 0 aromatic carbocycles. The summed E-state index contributed by atoms with van der Waals surface area (Å²) in [4.78, 5) is 11.1. The van der Waals surface area contributed by atoms with E-state index in [1.54, 1.807) is 0 Å². The lowest BCUT2D eigenvalue weighted by atomic mass is 10.1. The van der Waals surface area contributed by atoms with Gasteiger partial charge in [-0.1, -0.05) is 5.16 Å². The van der Waals surface area contributed by atoms with Gasteiger partial charge >= 0.3 is 0 Å². The van der Waals surface area contributed by atoms with Crippen LogP contribution < -0.4 is 0 Å². The monoisotopic (exact) mass is 244 g/mol. The van der Waals surface area contributed by atoms with Gasteiger partial charge in [0, 0.05) is 49.6 Å². The van der Waals surface area contributed by atoms with Crippen molar-refractivity contribution in [3.05, 3.63) is 40.8 Å². The highest BCUT2D eigenvalue weighted by Gasteiger charge is 2.18. The zero-order valence-corrected chi connectivity index (χ0v) is 10.7. The largest absolute Gasteiger partial charge is 0.361 e. The van der Waals surface area contributed by atoms with Gasteiger partial charge in [0.25, 0.3) is 0 Å². The molecule has 3 rings (SSSR count). The molecular weight excluding hydrogens is 228 g/mol. The molecule has 0 bridgehead atoms. The maximum atomic E-state index is 5.09. The van der Waals surface area contributed by atoms with Gasteiger partial charge in [0.1, 0.15) is 11.6 Å². The molecule has 0 aliphatic carbocycles. The summed E-state index contributed by atoms with van der Waals surface area (Å²) in [6.07, 6.45) is 2.92. The lowest BCUT2D eigenvalue weighted by molar-refractivity contribution is 0.234. The summed E-state index contributed by atoms with van der Waals surface area (Å²) < 4.78 is 5.09. The van der Waals surface area contributed by atoms with Crippen LogP contribution in [0.15, 0.2) is 16.8 Å². The van der Waals surface area contributed by atoms with E-state index in [0.29, 0.717) is 0 Å². The second kappa shape index (κ2) is 4.49. The van der Waals surface area contributed by atoms with E-state index < -0.39 is 0 Å². The van der Waals surface area contributed by atoms with E-state index in [1.807, 2.05) is 26.1 Å². The van der Waals surface area contributed by atoms with Gasteiger partial charge in [-0.25, -0.2) is 9.97 Å². The van der Waals surface area contributed by atoms with Crippen molar-refractivity contribution in [3.63, 3.8) is 0 Å². The number of hydrogen-bond acceptors (Lipinski definition) is 5. The van der Waals surface area contributed by atoms with Crippen LogP contribution in [0, 0.1) is 13.8 Å². The third-order valence-corrected chi connectivity index (χ3v) is 3.20. The zero-order chi connectivity index (χ0) is 12.5. The first-order valence-corrected chi connectivity index (χ1v) is 6.16. The number of fused-ring (bicyclic) bond motifs is 1. The van der Waals surface area contributed by atoms with E-state index in [9.17, 15) is 0 Å². The van der Waals surface area contributed by atoms with Crippen molar-refractivity contribution >= 4 is 0 Å². The second-order valence-corrected chi connectivity index (χ2v) is 4.78. The highest BCUT2D eigenvalue weighted by molar-refractivity contribution is 5.20. The Balaban J connectivity index is 1.73. The van der Waals surface area contributed by atoms with Crippen LogP contribution in [-0.4, -0.2) is 26.6 Å². The maximum Gasteiger partial charge on any atom is 0.133 e. The average Bonchev–Trinajstić information content (AvgIpc) is 2.75. The minimum atomic E-state index is 0.824. The summed E-state index contributed by atoms with van der Waals surface area (Å²) >= 11 is 0. The summed E-state index contributed by atoms with van der Waals surface area (Å²) in [5, 5.41) is 4.03. The minimum Gasteiger partial charge on any atom is -0.361 e. The summed E-state index contributed by atoms with van der Waals surface area (Å²) in [6.45, 7) is 6.57. The predicted molar refractivity (Wildman–Crippen MR) is 65.8 cm³/mol. The number of hydrogen-bond donors (Lipinski definition) is 0. The fourth-order valence-electron chi connectivity index (χ4n) is 2.33. The molecule has 5 heteroatoms. The molecule has 0 spiro atoms. The van der Waals surface area contributed by atoms with Crippen LogP contribution in [0.3, 0.4) is 0 Å². The van der Waals surface area contributed by atoms with Gasteiger partial charge in [0.2, 0.25) is 0 Å². The first-order valence-electron chi connectivity index (χ1n) is 6.16. The predicted octanol–water partition coefficient (Wildman–Crippen LogP) is 1.64. The number of nitrogens with zero attached hydrogens (tertiary/aromatic N) is 4. The van der Waals surface area contributed by atoms with Crippen LogP contribution in [0.2, 0.25) is 0 Å². The Kier molecular flexibility index (Phi) is 2.83. The average molecular weight is 244 g/mol. The topological polar surface area (TPSA) is 55.1 Å². The molecule has 3 heterocycles. The molecule has 2 aromatic rings. The van der Waals surface area contributed by atoms with Crippen molar-refractivity contribution in [1.29, 1.82) is 0 Å². The summed E-state index contributed by atoms with van der Waals surface area (Å²) in [5.74, 6) is 1.72. The van der Waals surface area contributed by atoms with Crippen LogP contribution in [-0.2, 0) is 19.5 Å². The molecule has 94 valence electrons. The fraction of sp³-hybridized carbons (Fsp3) is 0.462. The molecule has 0 radical (unpaired) electrons. The summed E-state index contributed by atoms with van der Waals surface area (Å²) in [6, 6.07) is 1.99. The van der Waals surface area contributed by atoms with Crippen molar-refractivity contribution in [2.24, 2.45) is 0 Å². The van der Waals surface area contributed by atoms with Crippen LogP contribution in [0.5, 0.6) is 0 Å². The molecule has 5 nitrogen and oxygen atoms in total. The van der Waals surface area contributed by atoms with Crippen molar-refractivity contribution < 1.29 is 4.52 Å². The zero-order valence-electron chi connectivity index (χ0n) is 10.7. The van der Waals surface area contributed by atoms with Gasteiger partial charge in [-0.2, -0.15) is 0 Å². The van der Waals surface area contributed by atoms with Gasteiger partial charge in [0.05, 0.1) is 5.69 Å². The Hall–Kier alpha value is -1.75. The molecule has 1 aliphatic heterocycles. The highest BCUT2D eigenvalue weighted by atomic mass is 16.5. The third-order valence-electron chi connectivity index (χ3n) is 3.20. The lowest BCUT2D eigenvalue weighted by Gasteiger charge is -2.26. The highest BCUT2D eigenvalue weighted by Crippen LogP contribution is 2.18. The Morgan fingerprint density at radius 3 is 3.06 bits per heavy atom. The number of aryl methyl sites for hydroxylation is 2. The molecule has 0 amide bonds. The van der Waals surface area contributed by atoms with Crippen LogP contribution >= 0.6 is 0 Å². The molecule has 0 N–H and O–H groups in total. The van der Waals surface area contributed by atoms with Gasteiger partial charge in [-0.15, -0.1) is 0 Å². The fourth-order valence-corrected chi connectivity index (χ4v) is 2.33. The first-order chi connectivity index (χ1) is 8.70. The van der Waals surface area contributed by atoms with E-state index in [2.05, 4.69) is 20.0 Å². The van der Waals surface area contributed by atoms with Crippen LogP contribution in [0.25, 0.3) is 0 Å². The first kappa shape index (κ1) is 11.3. The lowest BCUT2D eigenvalue weighted by Crippen LogP contribution is -2.31. The van der Waals surface area contributed by atoms with E-state index in [1.165, 1.54) is 11.3 Å². The van der Waals surface area contributed by atoms with E-state index in [-0.39, 0.29) is 0 Å². The van der Waals surface area contributed by atoms with E-state index in [0.717, 1.165) is 43.3 Å². The second-order valence-electron chi connectivity index (χ2n) is 4.78. The molecule has 18 heavy (non-hydrogen) atoms. The standard InChI is InChI=1S/C13H16N4O/c1-9-5-12(16-18-9)8-17-4-3-13-11(7-17)6-14-10(2)15-13/h5-6H,3-4,7-8H2,1-2H3. The van der Waals surface area contributed by atoms with Crippen LogP contribution in [0.4, 0.5) is 0 Å². The smallest absolute Gasteiger partial charge is 0.133 e. The molecule has 0 saturated carbocycles. The van der Waals surface area contributed by atoms with Crippen molar-refractivity contribution in [2.45, 2.75) is 33.4 Å². The van der Waals surface area contributed by atoms with Gasteiger partial charge in [-0.3, -0.25) is 4.90 Å². The van der Waals surface area contributed by atoms with E-state index in [4.69, 9.17) is 4.52 Å². The number of aromatic nitrogens is 3. The molecule has 0 saturated heterocycles. The Labute approximate surface area is 106 Å². The molecule has 0 unspecified atom stereocenters. The minimum absolute atomic E-state index is 0.824. The molecule has 1 aliphatic rings. The summed E-state index contributed by atoms with van der Waals surface area (Å²) in [5.41, 5.74) is 3.41. The Morgan fingerprint density at radius 1 is 1.39 bits per heavy atom. The van der Waals surface area contributed by atoms with Crippen molar-refractivity contribution in [3.8, 4) is 0 Å². The van der Waals surface area contributed by atoms with Gasteiger partial charge in [0.15, 0.2) is 0 Å². The normalized spacial score (nSPS) is 15.7. The summed E-state index contributed by atoms with van der Waals surface area (Å²) in [7, 11) is 0. The Morgan fingerprint density at radius 2 is 2.28 bits per heavy atom. The maximum absolute atomic E-state index is 5.09. The number of rotatable bonds is 2. The SMILES string of the molecule is Cc1ncc2c(n1)CCN(Cc1cc(C)on1)C2. The molecule has 2 aromatic heterocycles. The quantitative estimate of drug-likeness (QED) is 0.803. The van der Waals surface area contributed by atoms with Crippen molar-refractivity contribution in [1.82, 2.24) is 20.0 Å². The van der Waals surface area contributed by atoms with Crippen molar-refractivity contribution in [2.75, 3.05) is 6.54 Å². The molecule has 0 atom stereocenters. The van der Waals surface area contributed by atoms with Crippen LogP contribution in [0.1, 0.15) is 28.5 Å². The molecule has 0 fully saturated rings. The van der Waals surface area contributed by atoms with E-state index >= 15 is 0 Å². The molecular formula is C13H16N4O. The van der Waals surface area contributed by atoms with Gasteiger partial charge in [-0.05, 0) is 13.8 Å². The third kappa shape index (κ3) is 2.26. The Bertz CT molecular complexity index is 564.